The number of carbonyl (C=O) groups is 1. The highest BCUT2D eigenvalue weighted by molar-refractivity contribution is 5.81. The third-order valence-corrected chi connectivity index (χ3v) is 2.81. The van der Waals surface area contributed by atoms with E-state index in [9.17, 15) is 4.79 Å². The lowest BCUT2D eigenvalue weighted by atomic mass is 10.0. The molecule has 0 aliphatic heterocycles. The topological polar surface area (TPSA) is 52.9 Å². The highest BCUT2D eigenvalue weighted by Gasteiger charge is 2.19. The van der Waals surface area contributed by atoms with Crippen molar-refractivity contribution in [2.75, 3.05) is 0 Å². The Hall–Kier alpha value is -1.82. The van der Waals surface area contributed by atoms with E-state index in [1.165, 1.54) is 0 Å². The minimum Gasteiger partial charge on any atom is -0.348 e. The molecule has 2 atom stereocenters. The van der Waals surface area contributed by atoms with Gasteiger partial charge in [-0.15, -0.1) is 0 Å². The fourth-order valence-corrected chi connectivity index (χ4v) is 1.71. The minimum absolute atomic E-state index is 0.00824. The lowest BCUT2D eigenvalue weighted by Gasteiger charge is -2.18. The van der Waals surface area contributed by atoms with Crippen LogP contribution in [0.4, 0.5) is 0 Å². The van der Waals surface area contributed by atoms with E-state index < -0.39 is 5.92 Å². The number of nitrogens with one attached hydrogen (secondary N) is 1. The zero-order chi connectivity index (χ0) is 12.7. The first-order chi connectivity index (χ1) is 8.22. The van der Waals surface area contributed by atoms with Crippen molar-refractivity contribution in [2.24, 2.45) is 5.92 Å². The second-order valence-electron chi connectivity index (χ2n) is 3.97. The molecule has 90 valence electrons. The van der Waals surface area contributed by atoms with Crippen LogP contribution in [0, 0.1) is 17.2 Å². The van der Waals surface area contributed by atoms with Gasteiger partial charge >= 0.3 is 0 Å². The molecule has 0 fully saturated rings. The van der Waals surface area contributed by atoms with E-state index in [2.05, 4.69) is 5.32 Å². The van der Waals surface area contributed by atoms with Crippen LogP contribution in [-0.4, -0.2) is 5.91 Å². The lowest BCUT2D eigenvalue weighted by Crippen LogP contribution is -2.33. The SMILES string of the molecule is CC[C@H](C#N)C(=O)N[C@H](CC)c1ccccc1. The van der Waals surface area contributed by atoms with Gasteiger partial charge in [-0.1, -0.05) is 44.2 Å². The third kappa shape index (κ3) is 3.60. The van der Waals surface area contributed by atoms with Crippen molar-refractivity contribution in [1.82, 2.24) is 5.32 Å². The zero-order valence-corrected chi connectivity index (χ0v) is 10.3. The standard InChI is InChI=1S/C14H18N2O/c1-3-11(10-15)14(17)16-13(4-2)12-8-6-5-7-9-12/h5-9,11,13H,3-4H2,1-2H3,(H,16,17)/t11-,13-/m1/s1. The summed E-state index contributed by atoms with van der Waals surface area (Å²) in [5.74, 6) is -0.724. The molecule has 1 rings (SSSR count). The smallest absolute Gasteiger partial charge is 0.237 e. The molecule has 3 nitrogen and oxygen atoms in total. The molecule has 1 aromatic rings. The molecule has 1 aromatic carbocycles. The molecule has 0 aliphatic carbocycles. The Kier molecular flexibility index (Phi) is 5.22. The summed E-state index contributed by atoms with van der Waals surface area (Å²) in [4.78, 5) is 11.8. The Morgan fingerprint density at radius 1 is 1.29 bits per heavy atom. The summed E-state index contributed by atoms with van der Waals surface area (Å²) in [6, 6.07) is 11.8. The van der Waals surface area contributed by atoms with E-state index >= 15 is 0 Å². The average molecular weight is 230 g/mol. The van der Waals surface area contributed by atoms with Gasteiger partial charge in [0.2, 0.25) is 5.91 Å². The summed E-state index contributed by atoms with van der Waals surface area (Å²) in [6.45, 7) is 3.86. The Morgan fingerprint density at radius 2 is 1.94 bits per heavy atom. The van der Waals surface area contributed by atoms with Crippen LogP contribution >= 0.6 is 0 Å². The fourth-order valence-electron chi connectivity index (χ4n) is 1.71. The normalized spacial score (nSPS) is 13.5. The summed E-state index contributed by atoms with van der Waals surface area (Å²) < 4.78 is 0. The van der Waals surface area contributed by atoms with Gasteiger partial charge in [0.25, 0.3) is 0 Å². The molecule has 0 saturated carbocycles. The predicted molar refractivity (Wildman–Crippen MR) is 67.0 cm³/mol. The predicted octanol–water partition coefficient (Wildman–Crippen LogP) is 2.80. The molecular formula is C14H18N2O. The van der Waals surface area contributed by atoms with Crippen LogP contribution in [0.15, 0.2) is 30.3 Å². The summed E-state index contributed by atoms with van der Waals surface area (Å²) in [6.07, 6.45) is 1.37. The van der Waals surface area contributed by atoms with Gasteiger partial charge < -0.3 is 5.32 Å². The summed E-state index contributed by atoms with van der Waals surface area (Å²) in [5.41, 5.74) is 1.08. The van der Waals surface area contributed by atoms with Crippen molar-refractivity contribution >= 4 is 5.91 Å². The molecule has 0 saturated heterocycles. The van der Waals surface area contributed by atoms with Gasteiger partial charge in [-0.05, 0) is 18.4 Å². The number of rotatable bonds is 5. The van der Waals surface area contributed by atoms with E-state index in [1.807, 2.05) is 50.2 Å². The summed E-state index contributed by atoms with van der Waals surface area (Å²) >= 11 is 0. The molecule has 0 aromatic heterocycles. The first-order valence-electron chi connectivity index (χ1n) is 5.97. The quantitative estimate of drug-likeness (QED) is 0.845. The maximum atomic E-state index is 11.8. The minimum atomic E-state index is -0.548. The molecule has 3 heteroatoms. The molecular weight excluding hydrogens is 212 g/mol. The molecule has 0 heterocycles. The molecule has 0 spiro atoms. The van der Waals surface area contributed by atoms with Gasteiger partial charge in [0.05, 0.1) is 12.1 Å². The van der Waals surface area contributed by atoms with Crippen molar-refractivity contribution < 1.29 is 4.79 Å². The highest BCUT2D eigenvalue weighted by Crippen LogP contribution is 2.16. The molecule has 1 amide bonds. The Morgan fingerprint density at radius 3 is 2.41 bits per heavy atom. The van der Waals surface area contributed by atoms with Crippen LogP contribution in [0.2, 0.25) is 0 Å². The van der Waals surface area contributed by atoms with Crippen molar-refractivity contribution in [3.8, 4) is 6.07 Å². The van der Waals surface area contributed by atoms with E-state index in [-0.39, 0.29) is 11.9 Å². The Labute approximate surface area is 102 Å². The maximum Gasteiger partial charge on any atom is 0.237 e. The molecule has 0 unspecified atom stereocenters. The monoisotopic (exact) mass is 230 g/mol. The Balaban J connectivity index is 2.72. The molecule has 17 heavy (non-hydrogen) atoms. The second-order valence-corrected chi connectivity index (χ2v) is 3.97. The lowest BCUT2D eigenvalue weighted by molar-refractivity contribution is -0.124. The molecule has 1 N–H and O–H groups in total. The van der Waals surface area contributed by atoms with Crippen LogP contribution in [0.25, 0.3) is 0 Å². The van der Waals surface area contributed by atoms with E-state index in [0.29, 0.717) is 6.42 Å². The number of nitrogens with zero attached hydrogens (tertiary/aromatic N) is 1. The second kappa shape index (κ2) is 6.70. The largest absolute Gasteiger partial charge is 0.348 e. The van der Waals surface area contributed by atoms with Crippen molar-refractivity contribution in [2.45, 2.75) is 32.7 Å². The van der Waals surface area contributed by atoms with Crippen LogP contribution in [-0.2, 0) is 4.79 Å². The van der Waals surface area contributed by atoms with Gasteiger partial charge in [0, 0.05) is 0 Å². The van der Waals surface area contributed by atoms with E-state index in [4.69, 9.17) is 5.26 Å². The molecule has 0 bridgehead atoms. The number of nitriles is 1. The van der Waals surface area contributed by atoms with Crippen LogP contribution < -0.4 is 5.32 Å². The van der Waals surface area contributed by atoms with Crippen molar-refractivity contribution in [1.29, 1.82) is 5.26 Å². The summed E-state index contributed by atoms with van der Waals surface area (Å²) in [7, 11) is 0. The van der Waals surface area contributed by atoms with Gasteiger partial charge in [-0.2, -0.15) is 5.26 Å². The zero-order valence-electron chi connectivity index (χ0n) is 10.3. The van der Waals surface area contributed by atoms with Crippen LogP contribution in [0.5, 0.6) is 0 Å². The molecule has 0 radical (unpaired) electrons. The molecule has 0 aliphatic rings. The van der Waals surface area contributed by atoms with Crippen LogP contribution in [0.1, 0.15) is 38.3 Å². The van der Waals surface area contributed by atoms with E-state index in [1.54, 1.807) is 0 Å². The maximum absolute atomic E-state index is 11.8. The first kappa shape index (κ1) is 13.2. The number of amides is 1. The van der Waals surface area contributed by atoms with Crippen LogP contribution in [0.3, 0.4) is 0 Å². The highest BCUT2D eigenvalue weighted by atomic mass is 16.1. The number of hydrogen-bond donors (Lipinski definition) is 1. The first-order valence-corrected chi connectivity index (χ1v) is 5.97. The van der Waals surface area contributed by atoms with Gasteiger partial charge in [-0.3, -0.25) is 4.79 Å². The van der Waals surface area contributed by atoms with Crippen molar-refractivity contribution in [3.63, 3.8) is 0 Å². The van der Waals surface area contributed by atoms with Gasteiger partial charge in [0.15, 0.2) is 0 Å². The van der Waals surface area contributed by atoms with E-state index in [0.717, 1.165) is 12.0 Å². The van der Waals surface area contributed by atoms with Crippen molar-refractivity contribution in [3.05, 3.63) is 35.9 Å². The van der Waals surface area contributed by atoms with Gasteiger partial charge in [0.1, 0.15) is 5.92 Å². The number of benzene rings is 1. The fraction of sp³-hybridized carbons (Fsp3) is 0.429. The Bertz CT molecular complexity index is 394. The number of carbonyl (C=O) groups excluding carboxylic acids is 1. The van der Waals surface area contributed by atoms with Gasteiger partial charge in [-0.25, -0.2) is 0 Å². The average Bonchev–Trinajstić information content (AvgIpc) is 2.38. The number of hydrogen-bond acceptors (Lipinski definition) is 2. The third-order valence-electron chi connectivity index (χ3n) is 2.81. The summed E-state index contributed by atoms with van der Waals surface area (Å²) in [5, 5.41) is 11.8.